The molecule has 1 aromatic carbocycles. The number of unbranched alkanes of at least 4 members (excludes halogenated alkanes) is 2. The smallest absolute Gasteiger partial charge is 0.240 e. The van der Waals surface area contributed by atoms with Crippen LogP contribution in [-0.2, 0) is 4.79 Å². The standard InChI is InChI=1S/C16H20N4O.2ClH/c17-10-3-1-2-9-15(21)20-19-12-14-7-4-6-13-8-5-11-18-16(13)14;;/h4-8,11-12H,1-3,9-10,17H2,(H,20,21);2*1H/b19-12+;;. The highest BCUT2D eigenvalue weighted by molar-refractivity contribution is 5.97. The summed E-state index contributed by atoms with van der Waals surface area (Å²) in [5.41, 5.74) is 8.12. The number of nitrogens with one attached hydrogen (secondary N) is 1. The molecule has 4 N–H and O–H groups in total. The summed E-state index contributed by atoms with van der Waals surface area (Å²) >= 11 is 0. The van der Waals surface area contributed by atoms with E-state index in [1.807, 2.05) is 30.3 Å². The van der Waals surface area contributed by atoms with E-state index in [-0.39, 0.29) is 30.7 Å². The van der Waals surface area contributed by atoms with Crippen LogP contribution < -0.4 is 23.6 Å². The number of para-hydroxylation sites is 1. The van der Waals surface area contributed by atoms with Crippen molar-refractivity contribution >= 4 is 35.4 Å². The Morgan fingerprint density at radius 1 is 1.22 bits per heavy atom. The van der Waals surface area contributed by atoms with Crippen molar-refractivity contribution in [3.05, 3.63) is 42.1 Å². The second kappa shape index (κ2) is 11.8. The molecular weight excluding hydrogens is 335 g/mol. The lowest BCUT2D eigenvalue weighted by molar-refractivity contribution is -0.368. The van der Waals surface area contributed by atoms with Gasteiger partial charge in [0.25, 0.3) is 0 Å². The lowest BCUT2D eigenvalue weighted by atomic mass is 10.1. The van der Waals surface area contributed by atoms with Gasteiger partial charge in [-0.2, -0.15) is 5.10 Å². The minimum atomic E-state index is -0.0523. The molecule has 5 nitrogen and oxygen atoms in total. The van der Waals surface area contributed by atoms with Gasteiger partial charge >= 0.3 is 0 Å². The molecule has 0 bridgehead atoms. The fraction of sp³-hybridized carbons (Fsp3) is 0.312. The van der Waals surface area contributed by atoms with Crippen molar-refractivity contribution in [1.82, 2.24) is 10.4 Å². The van der Waals surface area contributed by atoms with Crippen molar-refractivity contribution in [1.29, 1.82) is 0 Å². The molecule has 0 saturated heterocycles. The van der Waals surface area contributed by atoms with Gasteiger partial charge in [-0.05, 0) is 25.3 Å². The Hall–Kier alpha value is -1.69. The van der Waals surface area contributed by atoms with Crippen LogP contribution in [0.25, 0.3) is 10.9 Å². The Morgan fingerprint density at radius 2 is 2.00 bits per heavy atom. The van der Waals surface area contributed by atoms with Gasteiger partial charge in [0.2, 0.25) is 5.91 Å². The number of aromatic nitrogens is 1. The molecular formula is C16H22Cl2N4O. The molecule has 0 atom stereocenters. The van der Waals surface area contributed by atoms with E-state index in [4.69, 9.17) is 0 Å². The number of hydrogen-bond acceptors (Lipinski definition) is 3. The quantitative estimate of drug-likeness (QED) is 0.375. The molecule has 1 aromatic heterocycles. The average Bonchev–Trinajstić information content (AvgIpc) is 2.52. The number of benzene rings is 1. The molecule has 1 heterocycles. The van der Waals surface area contributed by atoms with Crippen LogP contribution in [0.1, 0.15) is 31.2 Å². The molecule has 126 valence electrons. The summed E-state index contributed by atoms with van der Waals surface area (Å²) in [5.74, 6) is -0.0523. The third-order valence-corrected chi connectivity index (χ3v) is 3.21. The fourth-order valence-corrected chi connectivity index (χ4v) is 2.10. The van der Waals surface area contributed by atoms with Crippen molar-refractivity contribution in [2.24, 2.45) is 5.10 Å². The predicted octanol–water partition coefficient (Wildman–Crippen LogP) is -1.09. The minimum absolute atomic E-state index is 0. The maximum Gasteiger partial charge on any atom is 0.240 e. The lowest BCUT2D eigenvalue weighted by Crippen LogP contribution is -3.00. The molecule has 0 spiro atoms. The molecule has 0 saturated carbocycles. The normalized spacial score (nSPS) is 10.1. The first-order valence-corrected chi connectivity index (χ1v) is 7.26. The van der Waals surface area contributed by atoms with Crippen LogP contribution in [0.15, 0.2) is 41.6 Å². The maximum atomic E-state index is 11.6. The van der Waals surface area contributed by atoms with Gasteiger partial charge in [0.05, 0.1) is 18.3 Å². The summed E-state index contributed by atoms with van der Waals surface area (Å²) in [5, 5.41) is 5.07. The molecule has 0 aliphatic rings. The summed E-state index contributed by atoms with van der Waals surface area (Å²) in [4.78, 5) is 15.9. The zero-order chi connectivity index (χ0) is 14.9. The van der Waals surface area contributed by atoms with Crippen molar-refractivity contribution < 1.29 is 22.9 Å². The Labute approximate surface area is 148 Å². The summed E-state index contributed by atoms with van der Waals surface area (Å²) in [6, 6.07) is 9.78. The van der Waals surface area contributed by atoms with Gasteiger partial charge in [-0.1, -0.05) is 24.3 Å². The molecule has 23 heavy (non-hydrogen) atoms. The zero-order valence-electron chi connectivity index (χ0n) is 12.9. The number of carbonyl (C=O) groups is 1. The number of hydrogen-bond donors (Lipinski definition) is 2. The van der Waals surface area contributed by atoms with Crippen LogP contribution in [-0.4, -0.2) is 23.7 Å². The van der Waals surface area contributed by atoms with Gasteiger partial charge in [0, 0.05) is 23.6 Å². The first kappa shape index (κ1) is 21.3. The van der Waals surface area contributed by atoms with Gasteiger partial charge in [-0.25, -0.2) is 5.43 Å². The van der Waals surface area contributed by atoms with E-state index in [0.717, 1.165) is 42.3 Å². The molecule has 2 rings (SSSR count). The van der Waals surface area contributed by atoms with Crippen LogP contribution >= 0.6 is 12.4 Å². The van der Waals surface area contributed by atoms with Crippen molar-refractivity contribution in [2.45, 2.75) is 25.7 Å². The number of rotatable bonds is 7. The van der Waals surface area contributed by atoms with E-state index in [0.29, 0.717) is 6.42 Å². The zero-order valence-corrected chi connectivity index (χ0v) is 14.4. The predicted molar refractivity (Wildman–Crippen MR) is 91.0 cm³/mol. The molecule has 0 aliphatic heterocycles. The van der Waals surface area contributed by atoms with Gasteiger partial charge in [-0.15, -0.1) is 12.4 Å². The largest absolute Gasteiger partial charge is 1.00 e. The summed E-state index contributed by atoms with van der Waals surface area (Å²) in [6.07, 6.45) is 6.88. The molecule has 7 heteroatoms. The summed E-state index contributed by atoms with van der Waals surface area (Å²) in [6.45, 7) is 0.924. The number of halogens is 2. The third-order valence-electron chi connectivity index (χ3n) is 3.21. The first-order valence-electron chi connectivity index (χ1n) is 7.26. The molecule has 2 aromatic rings. The van der Waals surface area contributed by atoms with E-state index < -0.39 is 0 Å². The molecule has 1 amide bonds. The van der Waals surface area contributed by atoms with Crippen LogP contribution in [0.2, 0.25) is 0 Å². The van der Waals surface area contributed by atoms with E-state index >= 15 is 0 Å². The topological polar surface area (TPSA) is 82.0 Å². The van der Waals surface area contributed by atoms with Gasteiger partial charge in [0.15, 0.2) is 0 Å². The average molecular weight is 357 g/mol. The molecule has 0 fully saturated rings. The van der Waals surface area contributed by atoms with Gasteiger partial charge in [0.1, 0.15) is 0 Å². The highest BCUT2D eigenvalue weighted by Gasteiger charge is 2.01. The van der Waals surface area contributed by atoms with Gasteiger partial charge < -0.3 is 18.1 Å². The third kappa shape index (κ3) is 6.95. The summed E-state index contributed by atoms with van der Waals surface area (Å²) < 4.78 is 0. The van der Waals surface area contributed by atoms with Gasteiger partial charge in [-0.3, -0.25) is 9.78 Å². The number of quaternary nitrogens is 1. The highest BCUT2D eigenvalue weighted by atomic mass is 35.5. The lowest BCUT2D eigenvalue weighted by Gasteiger charge is -2.01. The number of carbonyl (C=O) groups excluding carboxylic acids is 1. The SMILES string of the molecule is Cl.[Cl-].[NH3+]CCCCCC(=O)N/N=C/c1cccc2cccnc12. The Morgan fingerprint density at radius 3 is 2.78 bits per heavy atom. The van der Waals surface area contributed by atoms with Crippen LogP contribution in [0, 0.1) is 0 Å². The van der Waals surface area contributed by atoms with E-state index in [2.05, 4.69) is 21.2 Å². The van der Waals surface area contributed by atoms with Crippen molar-refractivity contribution in [2.75, 3.05) is 6.54 Å². The van der Waals surface area contributed by atoms with E-state index in [1.165, 1.54) is 0 Å². The number of amides is 1. The number of fused-ring (bicyclic) bond motifs is 1. The van der Waals surface area contributed by atoms with Crippen LogP contribution in [0.3, 0.4) is 0 Å². The van der Waals surface area contributed by atoms with Crippen molar-refractivity contribution in [3.63, 3.8) is 0 Å². The summed E-state index contributed by atoms with van der Waals surface area (Å²) in [7, 11) is 0. The second-order valence-electron chi connectivity index (χ2n) is 4.88. The second-order valence-corrected chi connectivity index (χ2v) is 4.88. The molecule has 0 aliphatic carbocycles. The van der Waals surface area contributed by atoms with Crippen molar-refractivity contribution in [3.8, 4) is 0 Å². The Kier molecular flexibility index (Phi) is 11.0. The number of pyridine rings is 1. The monoisotopic (exact) mass is 356 g/mol. The Bertz CT molecular complexity index is 629. The number of nitrogens with zero attached hydrogens (tertiary/aromatic N) is 2. The Balaban J connectivity index is 0.00000242. The fourth-order valence-electron chi connectivity index (χ4n) is 2.10. The highest BCUT2D eigenvalue weighted by Crippen LogP contribution is 2.13. The molecule has 0 radical (unpaired) electrons. The van der Waals surface area contributed by atoms with E-state index in [9.17, 15) is 4.79 Å². The molecule has 0 unspecified atom stereocenters. The maximum absolute atomic E-state index is 11.6. The first-order chi connectivity index (χ1) is 10.3. The van der Waals surface area contributed by atoms with E-state index in [1.54, 1.807) is 12.4 Å². The number of hydrazone groups is 1. The minimum Gasteiger partial charge on any atom is -1.00 e. The van der Waals surface area contributed by atoms with Crippen LogP contribution in [0.4, 0.5) is 0 Å². The van der Waals surface area contributed by atoms with Crippen LogP contribution in [0.5, 0.6) is 0 Å².